The van der Waals surface area contributed by atoms with E-state index in [0.29, 0.717) is 20.5 Å². The second-order valence-corrected chi connectivity index (χ2v) is 7.63. The third kappa shape index (κ3) is 4.69. The monoisotopic (exact) mass is 430 g/mol. The van der Waals surface area contributed by atoms with Crippen LogP contribution in [0, 0.1) is 0 Å². The number of phenolic OH excluding ortho intramolecular Hbond substituents is 1. The Morgan fingerprint density at radius 3 is 2.41 bits per heavy atom. The number of benzene rings is 2. The molecule has 1 heterocycles. The highest BCUT2D eigenvalue weighted by Gasteiger charge is 2.33. The number of nitrogens with one attached hydrogen (secondary N) is 1. The van der Waals surface area contributed by atoms with Crippen molar-refractivity contribution in [1.29, 1.82) is 0 Å². The lowest BCUT2D eigenvalue weighted by atomic mass is 10.1. The third-order valence-electron chi connectivity index (χ3n) is 4.03. The number of para-hydroxylation sites is 1. The van der Waals surface area contributed by atoms with Crippen molar-refractivity contribution in [1.82, 2.24) is 4.90 Å². The number of ether oxygens (including phenoxy) is 2. The van der Waals surface area contributed by atoms with Crippen LogP contribution in [-0.2, 0) is 9.59 Å². The van der Waals surface area contributed by atoms with Crippen LogP contribution in [0.2, 0.25) is 0 Å². The molecule has 3 rings (SSSR count). The summed E-state index contributed by atoms with van der Waals surface area (Å²) in [5.41, 5.74) is 1.23. The lowest BCUT2D eigenvalue weighted by Gasteiger charge is -2.14. The van der Waals surface area contributed by atoms with Crippen molar-refractivity contribution in [2.45, 2.75) is 0 Å². The van der Waals surface area contributed by atoms with E-state index in [4.69, 9.17) is 21.7 Å². The largest absolute Gasteiger partial charge is 0.502 e. The van der Waals surface area contributed by atoms with Gasteiger partial charge in [-0.25, -0.2) is 0 Å². The van der Waals surface area contributed by atoms with Crippen molar-refractivity contribution in [3.05, 3.63) is 52.9 Å². The number of phenols is 1. The summed E-state index contributed by atoms with van der Waals surface area (Å²) in [6.07, 6.45) is 1.61. The molecular formula is C20H18N2O5S2. The topological polar surface area (TPSA) is 88.1 Å². The molecule has 0 unspecified atom stereocenters. The van der Waals surface area contributed by atoms with Gasteiger partial charge in [-0.15, -0.1) is 0 Å². The number of rotatable bonds is 6. The van der Waals surface area contributed by atoms with E-state index in [1.165, 1.54) is 19.1 Å². The van der Waals surface area contributed by atoms with Gasteiger partial charge in [-0.05, 0) is 35.9 Å². The molecule has 0 saturated carbocycles. The van der Waals surface area contributed by atoms with Crippen molar-refractivity contribution in [2.24, 2.45) is 0 Å². The lowest BCUT2D eigenvalue weighted by Crippen LogP contribution is -2.36. The molecule has 1 aliphatic heterocycles. The van der Waals surface area contributed by atoms with Gasteiger partial charge in [0.15, 0.2) is 11.5 Å². The molecule has 2 amide bonds. The molecule has 2 aromatic carbocycles. The summed E-state index contributed by atoms with van der Waals surface area (Å²) in [6.45, 7) is -0.181. The van der Waals surface area contributed by atoms with Gasteiger partial charge >= 0.3 is 0 Å². The molecule has 0 radical (unpaired) electrons. The number of anilines is 1. The van der Waals surface area contributed by atoms with E-state index in [-0.39, 0.29) is 35.6 Å². The smallest absolute Gasteiger partial charge is 0.266 e. The van der Waals surface area contributed by atoms with E-state index in [2.05, 4.69) is 5.32 Å². The molecule has 29 heavy (non-hydrogen) atoms. The van der Waals surface area contributed by atoms with Crippen LogP contribution < -0.4 is 14.8 Å². The maximum Gasteiger partial charge on any atom is 0.266 e. The fourth-order valence-electron chi connectivity index (χ4n) is 2.65. The molecule has 150 valence electrons. The molecule has 1 fully saturated rings. The van der Waals surface area contributed by atoms with Crippen LogP contribution in [-0.4, -0.2) is 46.9 Å². The standard InChI is InChI=1S/C20H18N2O5S2/c1-26-14-8-12(9-15(27-2)18(14)24)10-16-19(25)22(20(28)29-16)11-17(23)21-13-6-4-3-5-7-13/h3-10,24H,11H2,1-2H3,(H,21,23)/b16-10-. The summed E-state index contributed by atoms with van der Waals surface area (Å²) in [6, 6.07) is 12.1. The number of carbonyl (C=O) groups excluding carboxylic acids is 2. The third-order valence-corrected chi connectivity index (χ3v) is 5.41. The first-order chi connectivity index (χ1) is 13.9. The first kappa shape index (κ1) is 20.7. The normalized spacial score (nSPS) is 15.0. The minimum atomic E-state index is -0.366. The number of methoxy groups -OCH3 is 2. The summed E-state index contributed by atoms with van der Waals surface area (Å²) in [4.78, 5) is 26.6. The molecule has 9 heteroatoms. The number of amides is 2. The molecule has 7 nitrogen and oxygen atoms in total. The molecule has 1 aliphatic rings. The number of hydrogen-bond acceptors (Lipinski definition) is 7. The first-order valence-electron chi connectivity index (χ1n) is 8.48. The van der Waals surface area contributed by atoms with Gasteiger partial charge in [0.2, 0.25) is 11.7 Å². The molecule has 2 aromatic rings. The quantitative estimate of drug-likeness (QED) is 0.537. The summed E-state index contributed by atoms with van der Waals surface area (Å²) >= 11 is 6.37. The SMILES string of the molecule is COc1cc(/C=C2\SC(=S)N(CC(=O)Nc3ccccc3)C2=O)cc(OC)c1O. The summed E-state index contributed by atoms with van der Waals surface area (Å²) in [7, 11) is 2.84. The van der Waals surface area contributed by atoms with Gasteiger partial charge in [0.1, 0.15) is 10.9 Å². The zero-order valence-corrected chi connectivity index (χ0v) is 17.3. The Labute approximate surface area is 177 Å². The van der Waals surface area contributed by atoms with Gasteiger partial charge in [-0.2, -0.15) is 0 Å². The Morgan fingerprint density at radius 1 is 1.21 bits per heavy atom. The van der Waals surface area contributed by atoms with Gasteiger partial charge in [0.25, 0.3) is 5.91 Å². The Balaban J connectivity index is 1.77. The van der Waals surface area contributed by atoms with E-state index in [1.807, 2.05) is 6.07 Å². The van der Waals surface area contributed by atoms with Crippen molar-refractivity contribution >= 4 is 51.9 Å². The average molecular weight is 431 g/mol. The number of thiocarbonyl (C=S) groups is 1. The van der Waals surface area contributed by atoms with Crippen LogP contribution in [0.4, 0.5) is 5.69 Å². The summed E-state index contributed by atoms with van der Waals surface area (Å²) < 4.78 is 10.6. The van der Waals surface area contributed by atoms with E-state index < -0.39 is 0 Å². The number of aromatic hydroxyl groups is 1. The Hall–Kier alpha value is -3.04. The van der Waals surface area contributed by atoms with Crippen LogP contribution >= 0.6 is 24.0 Å². The van der Waals surface area contributed by atoms with Gasteiger partial charge in [-0.1, -0.05) is 42.2 Å². The van der Waals surface area contributed by atoms with E-state index in [0.717, 1.165) is 11.8 Å². The van der Waals surface area contributed by atoms with Crippen LogP contribution in [0.5, 0.6) is 17.2 Å². The van der Waals surface area contributed by atoms with Gasteiger partial charge < -0.3 is 19.9 Å². The van der Waals surface area contributed by atoms with Crippen LogP contribution in [0.3, 0.4) is 0 Å². The highest BCUT2D eigenvalue weighted by atomic mass is 32.2. The summed E-state index contributed by atoms with van der Waals surface area (Å²) in [5, 5.41) is 12.7. The molecule has 1 saturated heterocycles. The Bertz CT molecular complexity index is 967. The zero-order chi connectivity index (χ0) is 21.0. The number of nitrogens with zero attached hydrogens (tertiary/aromatic N) is 1. The number of carbonyl (C=O) groups is 2. The molecule has 0 bridgehead atoms. The first-order valence-corrected chi connectivity index (χ1v) is 9.70. The van der Waals surface area contributed by atoms with E-state index >= 15 is 0 Å². The highest BCUT2D eigenvalue weighted by molar-refractivity contribution is 8.26. The second-order valence-electron chi connectivity index (χ2n) is 5.96. The molecular weight excluding hydrogens is 412 g/mol. The van der Waals surface area contributed by atoms with Crippen LogP contribution in [0.1, 0.15) is 5.56 Å². The predicted molar refractivity (Wildman–Crippen MR) is 116 cm³/mol. The second kappa shape index (κ2) is 8.97. The molecule has 0 atom stereocenters. The van der Waals surface area contributed by atoms with Gasteiger partial charge in [0, 0.05) is 5.69 Å². The minimum Gasteiger partial charge on any atom is -0.502 e. The van der Waals surface area contributed by atoms with Crippen LogP contribution in [0.15, 0.2) is 47.4 Å². The molecule has 0 spiro atoms. The average Bonchev–Trinajstić information content (AvgIpc) is 2.97. The molecule has 2 N–H and O–H groups in total. The van der Waals surface area contributed by atoms with E-state index in [1.54, 1.807) is 42.5 Å². The fraction of sp³-hybridized carbons (Fsp3) is 0.150. The zero-order valence-electron chi connectivity index (χ0n) is 15.7. The van der Waals surface area contributed by atoms with Crippen molar-refractivity contribution in [3.63, 3.8) is 0 Å². The van der Waals surface area contributed by atoms with Gasteiger partial charge in [-0.3, -0.25) is 14.5 Å². The van der Waals surface area contributed by atoms with E-state index in [9.17, 15) is 14.7 Å². The maximum absolute atomic E-state index is 12.7. The van der Waals surface area contributed by atoms with Crippen molar-refractivity contribution < 1.29 is 24.2 Å². The van der Waals surface area contributed by atoms with Gasteiger partial charge in [0.05, 0.1) is 19.1 Å². The fourth-order valence-corrected chi connectivity index (χ4v) is 3.91. The van der Waals surface area contributed by atoms with Crippen molar-refractivity contribution in [2.75, 3.05) is 26.1 Å². The minimum absolute atomic E-state index is 0.128. The lowest BCUT2D eigenvalue weighted by molar-refractivity contribution is -0.126. The maximum atomic E-state index is 12.7. The van der Waals surface area contributed by atoms with Crippen molar-refractivity contribution in [3.8, 4) is 17.2 Å². The highest BCUT2D eigenvalue weighted by Crippen LogP contribution is 2.39. The number of hydrogen-bond donors (Lipinski definition) is 2. The molecule has 0 aromatic heterocycles. The Morgan fingerprint density at radius 2 is 1.83 bits per heavy atom. The van der Waals surface area contributed by atoms with Crippen LogP contribution in [0.25, 0.3) is 6.08 Å². The Kier molecular flexibility index (Phi) is 6.40. The number of thioether (sulfide) groups is 1. The molecule has 0 aliphatic carbocycles. The predicted octanol–water partition coefficient (Wildman–Crippen LogP) is 3.25. The summed E-state index contributed by atoms with van der Waals surface area (Å²) in [5.74, 6) is -0.408.